The van der Waals surface area contributed by atoms with Crippen LogP contribution in [-0.2, 0) is 0 Å². The molecule has 7 heteroatoms. The van der Waals surface area contributed by atoms with Gasteiger partial charge >= 0.3 is 0 Å². The summed E-state index contributed by atoms with van der Waals surface area (Å²) in [5.41, 5.74) is 2.43. The van der Waals surface area contributed by atoms with Gasteiger partial charge in [0.15, 0.2) is 0 Å². The van der Waals surface area contributed by atoms with Crippen LogP contribution in [-0.4, -0.2) is 15.1 Å². The Labute approximate surface area is 142 Å². The van der Waals surface area contributed by atoms with Crippen molar-refractivity contribution >= 4 is 28.4 Å². The fourth-order valence-electron chi connectivity index (χ4n) is 2.15. The Bertz CT molecular complexity index is 934. The summed E-state index contributed by atoms with van der Waals surface area (Å²) in [5.74, 6) is 0.513. The fourth-order valence-corrected chi connectivity index (χ4v) is 2.35. The first-order valence-electron chi connectivity index (χ1n) is 7.05. The SMILES string of the molecule is Cc1cccc(-c2nnc(/C(Cl)=C/c3cccc([N+](=O)[O-])c3)o2)c1. The van der Waals surface area contributed by atoms with Crippen LogP contribution in [0.5, 0.6) is 0 Å². The van der Waals surface area contributed by atoms with E-state index in [9.17, 15) is 10.1 Å². The molecule has 0 fully saturated rings. The Morgan fingerprint density at radius 1 is 1.21 bits per heavy atom. The van der Waals surface area contributed by atoms with Crippen LogP contribution in [0.4, 0.5) is 5.69 Å². The normalized spacial score (nSPS) is 11.5. The number of benzene rings is 2. The van der Waals surface area contributed by atoms with Crippen LogP contribution in [0.15, 0.2) is 52.9 Å². The Kier molecular flexibility index (Phi) is 4.39. The van der Waals surface area contributed by atoms with E-state index in [2.05, 4.69) is 10.2 Å². The highest BCUT2D eigenvalue weighted by Gasteiger charge is 2.12. The summed E-state index contributed by atoms with van der Waals surface area (Å²) < 4.78 is 5.58. The lowest BCUT2D eigenvalue weighted by Gasteiger charge is -1.97. The number of non-ortho nitro benzene ring substituents is 1. The van der Waals surface area contributed by atoms with Gasteiger partial charge in [0.1, 0.15) is 5.03 Å². The maximum Gasteiger partial charge on any atom is 0.270 e. The van der Waals surface area contributed by atoms with E-state index in [1.165, 1.54) is 12.1 Å². The van der Waals surface area contributed by atoms with Crippen LogP contribution in [0.2, 0.25) is 0 Å². The van der Waals surface area contributed by atoms with E-state index in [-0.39, 0.29) is 16.6 Å². The Morgan fingerprint density at radius 3 is 2.75 bits per heavy atom. The maximum atomic E-state index is 10.8. The molecule has 0 atom stereocenters. The van der Waals surface area contributed by atoms with Crippen LogP contribution in [0, 0.1) is 17.0 Å². The second-order valence-electron chi connectivity index (χ2n) is 5.13. The molecular weight excluding hydrogens is 330 g/mol. The highest BCUT2D eigenvalue weighted by Crippen LogP contribution is 2.26. The van der Waals surface area contributed by atoms with Gasteiger partial charge in [0.25, 0.3) is 11.6 Å². The van der Waals surface area contributed by atoms with Gasteiger partial charge in [-0.2, -0.15) is 0 Å². The Balaban J connectivity index is 1.89. The van der Waals surface area contributed by atoms with Crippen molar-refractivity contribution in [3.05, 3.63) is 75.7 Å². The first-order chi connectivity index (χ1) is 11.5. The molecule has 0 saturated carbocycles. The molecule has 2 aromatic carbocycles. The first kappa shape index (κ1) is 15.9. The highest BCUT2D eigenvalue weighted by atomic mass is 35.5. The standard InChI is InChI=1S/C17H12ClN3O3/c1-11-4-2-6-13(8-11)16-19-20-17(24-16)15(18)10-12-5-3-7-14(9-12)21(22)23/h2-10H,1H3/b15-10-. The molecule has 0 radical (unpaired) electrons. The summed E-state index contributed by atoms with van der Waals surface area (Å²) in [6.45, 7) is 1.97. The molecule has 3 aromatic rings. The summed E-state index contributed by atoms with van der Waals surface area (Å²) in [6.07, 6.45) is 1.54. The predicted octanol–water partition coefficient (Wildman–Crippen LogP) is 4.69. The van der Waals surface area contributed by atoms with Crippen molar-refractivity contribution in [2.45, 2.75) is 6.92 Å². The van der Waals surface area contributed by atoms with Crippen molar-refractivity contribution in [2.75, 3.05) is 0 Å². The molecule has 6 nitrogen and oxygen atoms in total. The Hall–Kier alpha value is -2.99. The molecule has 24 heavy (non-hydrogen) atoms. The summed E-state index contributed by atoms with van der Waals surface area (Å²) in [4.78, 5) is 10.3. The molecule has 0 bridgehead atoms. The zero-order valence-corrected chi connectivity index (χ0v) is 13.4. The van der Waals surface area contributed by atoms with Crippen molar-refractivity contribution in [3.63, 3.8) is 0 Å². The number of rotatable bonds is 4. The lowest BCUT2D eigenvalue weighted by atomic mass is 10.1. The topological polar surface area (TPSA) is 82.1 Å². The third-order valence-electron chi connectivity index (χ3n) is 3.27. The van der Waals surface area contributed by atoms with Crippen LogP contribution >= 0.6 is 11.6 Å². The van der Waals surface area contributed by atoms with E-state index >= 15 is 0 Å². The molecule has 0 aliphatic carbocycles. The van der Waals surface area contributed by atoms with E-state index in [0.717, 1.165) is 11.1 Å². The number of nitro groups is 1. The number of aryl methyl sites for hydroxylation is 1. The van der Waals surface area contributed by atoms with Gasteiger partial charge in [-0.1, -0.05) is 41.4 Å². The fraction of sp³-hybridized carbons (Fsp3) is 0.0588. The number of hydrogen-bond acceptors (Lipinski definition) is 5. The molecule has 0 unspecified atom stereocenters. The summed E-state index contributed by atoms with van der Waals surface area (Å²) in [5, 5.41) is 18.9. The predicted molar refractivity (Wildman–Crippen MR) is 91.3 cm³/mol. The average molecular weight is 342 g/mol. The van der Waals surface area contributed by atoms with Gasteiger partial charge in [-0.25, -0.2) is 0 Å². The minimum absolute atomic E-state index is 0.0146. The maximum absolute atomic E-state index is 10.8. The van der Waals surface area contributed by atoms with Crippen molar-refractivity contribution < 1.29 is 9.34 Å². The number of hydrogen-bond donors (Lipinski definition) is 0. The quantitative estimate of drug-likeness (QED) is 0.508. The van der Waals surface area contributed by atoms with Crippen LogP contribution < -0.4 is 0 Å². The third kappa shape index (κ3) is 3.49. The van der Waals surface area contributed by atoms with Crippen molar-refractivity contribution in [1.29, 1.82) is 0 Å². The van der Waals surface area contributed by atoms with E-state index in [1.807, 2.05) is 31.2 Å². The van der Waals surface area contributed by atoms with E-state index in [0.29, 0.717) is 11.5 Å². The van der Waals surface area contributed by atoms with Crippen molar-refractivity contribution in [1.82, 2.24) is 10.2 Å². The van der Waals surface area contributed by atoms with Crippen LogP contribution in [0.3, 0.4) is 0 Å². The molecular formula is C17H12ClN3O3. The molecule has 0 saturated heterocycles. The number of nitrogens with zero attached hydrogens (tertiary/aromatic N) is 3. The van der Waals surface area contributed by atoms with Crippen LogP contribution in [0.1, 0.15) is 17.0 Å². The number of nitro benzene ring substituents is 1. The average Bonchev–Trinajstić information content (AvgIpc) is 3.05. The minimum atomic E-state index is -0.465. The number of halogens is 1. The molecule has 0 aliphatic heterocycles. The third-order valence-corrected chi connectivity index (χ3v) is 3.54. The van der Waals surface area contributed by atoms with Gasteiger partial charge in [-0.15, -0.1) is 10.2 Å². The van der Waals surface area contributed by atoms with Crippen molar-refractivity contribution in [2.24, 2.45) is 0 Å². The van der Waals surface area contributed by atoms with Crippen LogP contribution in [0.25, 0.3) is 22.6 Å². The second-order valence-corrected chi connectivity index (χ2v) is 5.53. The van der Waals surface area contributed by atoms with Crippen molar-refractivity contribution in [3.8, 4) is 11.5 Å². The second kappa shape index (κ2) is 6.64. The monoisotopic (exact) mass is 341 g/mol. The Morgan fingerprint density at radius 2 is 2.00 bits per heavy atom. The largest absolute Gasteiger partial charge is 0.415 e. The lowest BCUT2D eigenvalue weighted by molar-refractivity contribution is -0.384. The summed E-state index contributed by atoms with van der Waals surface area (Å²) >= 11 is 6.20. The molecule has 120 valence electrons. The number of aromatic nitrogens is 2. The van der Waals surface area contributed by atoms with Gasteiger partial charge in [0, 0.05) is 17.7 Å². The van der Waals surface area contributed by atoms with E-state index in [4.69, 9.17) is 16.0 Å². The molecule has 0 N–H and O–H groups in total. The zero-order valence-electron chi connectivity index (χ0n) is 12.6. The summed E-state index contributed by atoms with van der Waals surface area (Å²) in [7, 11) is 0. The minimum Gasteiger partial charge on any atom is -0.415 e. The zero-order chi connectivity index (χ0) is 17.1. The smallest absolute Gasteiger partial charge is 0.270 e. The van der Waals surface area contributed by atoms with Gasteiger partial charge in [-0.05, 0) is 30.7 Å². The van der Waals surface area contributed by atoms with E-state index in [1.54, 1.807) is 18.2 Å². The van der Waals surface area contributed by atoms with Gasteiger partial charge in [0.2, 0.25) is 5.89 Å². The van der Waals surface area contributed by atoms with Gasteiger partial charge < -0.3 is 4.42 Å². The molecule has 0 amide bonds. The van der Waals surface area contributed by atoms with E-state index < -0.39 is 4.92 Å². The van der Waals surface area contributed by atoms with Gasteiger partial charge in [0.05, 0.1) is 4.92 Å². The molecule has 1 aromatic heterocycles. The molecule has 3 rings (SSSR count). The highest BCUT2D eigenvalue weighted by molar-refractivity contribution is 6.50. The lowest BCUT2D eigenvalue weighted by Crippen LogP contribution is -1.87. The van der Waals surface area contributed by atoms with Gasteiger partial charge in [-0.3, -0.25) is 10.1 Å². The first-order valence-corrected chi connectivity index (χ1v) is 7.43. The summed E-state index contributed by atoms with van der Waals surface area (Å²) in [6, 6.07) is 13.8. The molecule has 1 heterocycles. The molecule has 0 aliphatic rings. The molecule has 0 spiro atoms.